The molecule has 3 unspecified atom stereocenters. The molecule has 16 heavy (non-hydrogen) atoms. The van der Waals surface area contributed by atoms with Gasteiger partial charge >= 0.3 is 0 Å². The lowest BCUT2D eigenvalue weighted by molar-refractivity contribution is 0.228. The van der Waals surface area contributed by atoms with E-state index in [-0.39, 0.29) is 0 Å². The molecule has 1 N–H and O–H groups in total. The van der Waals surface area contributed by atoms with Crippen LogP contribution in [-0.2, 0) is 6.42 Å². The highest BCUT2D eigenvalue weighted by Gasteiger charge is 2.25. The van der Waals surface area contributed by atoms with Crippen LogP contribution in [-0.4, -0.2) is 13.1 Å². The first-order chi connectivity index (χ1) is 7.79. The minimum absolute atomic E-state index is 0.682. The van der Waals surface area contributed by atoms with Gasteiger partial charge < -0.3 is 5.32 Å². The van der Waals surface area contributed by atoms with E-state index in [9.17, 15) is 0 Å². The van der Waals surface area contributed by atoms with Crippen molar-refractivity contribution >= 4 is 11.3 Å². The Morgan fingerprint density at radius 1 is 1.50 bits per heavy atom. The molecule has 0 spiro atoms. The lowest BCUT2D eigenvalue weighted by atomic mass is 9.77. The summed E-state index contributed by atoms with van der Waals surface area (Å²) in [6, 6.07) is 5.11. The minimum Gasteiger partial charge on any atom is -0.316 e. The molecule has 1 fully saturated rings. The average Bonchev–Trinajstić information content (AvgIpc) is 2.78. The first kappa shape index (κ1) is 12.1. The van der Waals surface area contributed by atoms with E-state index in [1.807, 2.05) is 11.3 Å². The number of rotatable bonds is 4. The van der Waals surface area contributed by atoms with Crippen molar-refractivity contribution in [3.63, 3.8) is 0 Å². The predicted molar refractivity (Wildman–Crippen MR) is 72.0 cm³/mol. The molecule has 1 aliphatic carbocycles. The lowest BCUT2D eigenvalue weighted by Gasteiger charge is -2.33. The smallest absolute Gasteiger partial charge is 0.0141 e. The van der Waals surface area contributed by atoms with Gasteiger partial charge in [0.2, 0.25) is 0 Å². The van der Waals surface area contributed by atoms with Crippen molar-refractivity contribution in [3.8, 4) is 0 Å². The molecule has 0 radical (unpaired) electrons. The maximum Gasteiger partial charge on any atom is 0.0141 e. The first-order valence-electron chi connectivity index (χ1n) is 6.49. The van der Waals surface area contributed by atoms with Gasteiger partial charge in [-0.1, -0.05) is 25.8 Å². The minimum atomic E-state index is 0.682. The third kappa shape index (κ3) is 3.08. The Kier molecular flexibility index (Phi) is 4.42. The Morgan fingerprint density at radius 3 is 3.00 bits per heavy atom. The molecule has 1 aromatic heterocycles. The highest BCUT2D eigenvalue weighted by atomic mass is 32.1. The van der Waals surface area contributed by atoms with Crippen LogP contribution >= 0.6 is 11.3 Å². The van der Waals surface area contributed by atoms with Crippen LogP contribution < -0.4 is 5.32 Å². The van der Waals surface area contributed by atoms with Crippen molar-refractivity contribution in [2.75, 3.05) is 7.05 Å². The maximum atomic E-state index is 3.54. The van der Waals surface area contributed by atoms with E-state index in [0.29, 0.717) is 6.04 Å². The third-order valence-corrected chi connectivity index (χ3v) is 4.82. The first-order valence-corrected chi connectivity index (χ1v) is 7.37. The van der Waals surface area contributed by atoms with Crippen LogP contribution in [0.4, 0.5) is 0 Å². The van der Waals surface area contributed by atoms with Gasteiger partial charge in [-0.05, 0) is 49.6 Å². The van der Waals surface area contributed by atoms with Gasteiger partial charge in [0, 0.05) is 10.9 Å². The van der Waals surface area contributed by atoms with Gasteiger partial charge in [-0.3, -0.25) is 0 Å². The second-order valence-corrected chi connectivity index (χ2v) is 6.24. The highest BCUT2D eigenvalue weighted by molar-refractivity contribution is 7.09. The number of likely N-dealkylation sites (N-methyl/N-ethyl adjacent to an activating group) is 1. The Morgan fingerprint density at radius 2 is 2.38 bits per heavy atom. The molecular formula is C14H23NS. The van der Waals surface area contributed by atoms with Gasteiger partial charge in [0.15, 0.2) is 0 Å². The number of hydrogen-bond donors (Lipinski definition) is 1. The summed E-state index contributed by atoms with van der Waals surface area (Å²) in [6.45, 7) is 2.41. The molecule has 2 heteroatoms. The van der Waals surface area contributed by atoms with E-state index in [0.717, 1.165) is 11.8 Å². The van der Waals surface area contributed by atoms with Gasteiger partial charge in [0.1, 0.15) is 0 Å². The molecule has 90 valence electrons. The standard InChI is InChI=1S/C14H23NS/c1-11-5-3-6-12(9-11)14(15-2)10-13-7-4-8-16-13/h4,7-8,11-12,14-15H,3,5-6,9-10H2,1-2H3. The number of nitrogens with one attached hydrogen (secondary N) is 1. The topological polar surface area (TPSA) is 12.0 Å². The van der Waals surface area contributed by atoms with Gasteiger partial charge in [-0.2, -0.15) is 0 Å². The molecule has 1 heterocycles. The quantitative estimate of drug-likeness (QED) is 0.842. The predicted octanol–water partition coefficient (Wildman–Crippen LogP) is 3.70. The molecule has 3 atom stereocenters. The zero-order valence-electron chi connectivity index (χ0n) is 10.4. The molecular weight excluding hydrogens is 214 g/mol. The molecule has 2 rings (SSSR count). The van der Waals surface area contributed by atoms with E-state index in [2.05, 4.69) is 36.8 Å². The molecule has 1 saturated carbocycles. The molecule has 0 saturated heterocycles. The van der Waals surface area contributed by atoms with Gasteiger partial charge in [-0.25, -0.2) is 0 Å². The Bertz CT molecular complexity index is 294. The van der Waals surface area contributed by atoms with Crippen LogP contribution in [0.3, 0.4) is 0 Å². The van der Waals surface area contributed by atoms with Gasteiger partial charge in [0.25, 0.3) is 0 Å². The van der Waals surface area contributed by atoms with E-state index >= 15 is 0 Å². The molecule has 0 aromatic carbocycles. The Balaban J connectivity index is 1.93. The molecule has 0 bridgehead atoms. The fraction of sp³-hybridized carbons (Fsp3) is 0.714. The van der Waals surface area contributed by atoms with Crippen molar-refractivity contribution < 1.29 is 0 Å². The fourth-order valence-corrected chi connectivity index (χ4v) is 3.76. The average molecular weight is 237 g/mol. The fourth-order valence-electron chi connectivity index (χ4n) is 3.00. The van der Waals surface area contributed by atoms with Crippen molar-refractivity contribution in [1.82, 2.24) is 5.32 Å². The monoisotopic (exact) mass is 237 g/mol. The van der Waals surface area contributed by atoms with Crippen LogP contribution in [0.2, 0.25) is 0 Å². The van der Waals surface area contributed by atoms with E-state index in [4.69, 9.17) is 0 Å². The van der Waals surface area contributed by atoms with Crippen molar-refractivity contribution in [3.05, 3.63) is 22.4 Å². The number of thiophene rings is 1. The van der Waals surface area contributed by atoms with E-state index in [1.54, 1.807) is 0 Å². The Labute approximate surface area is 103 Å². The van der Waals surface area contributed by atoms with Crippen molar-refractivity contribution in [2.24, 2.45) is 11.8 Å². The van der Waals surface area contributed by atoms with Crippen LogP contribution in [0.15, 0.2) is 17.5 Å². The summed E-state index contributed by atoms with van der Waals surface area (Å²) in [6.07, 6.45) is 6.91. The normalized spacial score (nSPS) is 27.9. The largest absolute Gasteiger partial charge is 0.316 e. The molecule has 1 aromatic rings. The Hall–Kier alpha value is -0.340. The zero-order valence-corrected chi connectivity index (χ0v) is 11.2. The van der Waals surface area contributed by atoms with Crippen molar-refractivity contribution in [1.29, 1.82) is 0 Å². The van der Waals surface area contributed by atoms with Crippen LogP contribution in [0, 0.1) is 11.8 Å². The van der Waals surface area contributed by atoms with Crippen LogP contribution in [0.1, 0.15) is 37.5 Å². The summed E-state index contributed by atoms with van der Waals surface area (Å²) in [5.74, 6) is 1.81. The van der Waals surface area contributed by atoms with Crippen LogP contribution in [0.25, 0.3) is 0 Å². The molecule has 0 amide bonds. The summed E-state index contributed by atoms with van der Waals surface area (Å²) < 4.78 is 0. The lowest BCUT2D eigenvalue weighted by Crippen LogP contribution is -2.37. The summed E-state index contributed by atoms with van der Waals surface area (Å²) >= 11 is 1.89. The highest BCUT2D eigenvalue weighted by Crippen LogP contribution is 2.32. The third-order valence-electron chi connectivity index (χ3n) is 3.92. The SMILES string of the molecule is CNC(Cc1cccs1)C1CCCC(C)C1. The summed E-state index contributed by atoms with van der Waals surface area (Å²) in [7, 11) is 2.12. The van der Waals surface area contributed by atoms with Crippen molar-refractivity contribution in [2.45, 2.75) is 45.1 Å². The summed E-state index contributed by atoms with van der Waals surface area (Å²) in [4.78, 5) is 1.53. The maximum absolute atomic E-state index is 3.54. The molecule has 1 aliphatic rings. The van der Waals surface area contributed by atoms with E-state index < -0.39 is 0 Å². The second kappa shape index (κ2) is 5.83. The zero-order chi connectivity index (χ0) is 11.4. The van der Waals surface area contributed by atoms with Crippen LogP contribution in [0.5, 0.6) is 0 Å². The molecule has 0 aliphatic heterocycles. The number of hydrogen-bond acceptors (Lipinski definition) is 2. The molecule has 1 nitrogen and oxygen atoms in total. The second-order valence-electron chi connectivity index (χ2n) is 5.21. The van der Waals surface area contributed by atoms with Gasteiger partial charge in [0.05, 0.1) is 0 Å². The summed E-state index contributed by atoms with van der Waals surface area (Å²) in [5, 5.41) is 5.72. The van der Waals surface area contributed by atoms with E-state index in [1.165, 1.54) is 37.0 Å². The summed E-state index contributed by atoms with van der Waals surface area (Å²) in [5.41, 5.74) is 0. The van der Waals surface area contributed by atoms with Gasteiger partial charge in [-0.15, -0.1) is 11.3 Å².